The molecule has 0 atom stereocenters. The van der Waals surface area contributed by atoms with E-state index in [0.717, 1.165) is 49.5 Å². The molecule has 5 heteroatoms. The van der Waals surface area contributed by atoms with Crippen molar-refractivity contribution in [2.24, 2.45) is 0 Å². The summed E-state index contributed by atoms with van der Waals surface area (Å²) >= 11 is 0. The van der Waals surface area contributed by atoms with E-state index in [1.165, 1.54) is 5.46 Å². The smallest absolute Gasteiger partial charge is 0.165 e. The molecule has 0 aliphatic carbocycles. The van der Waals surface area contributed by atoms with Crippen molar-refractivity contribution in [1.82, 2.24) is 19.9 Å². The lowest BCUT2D eigenvalue weighted by Crippen LogP contribution is -2.01. The van der Waals surface area contributed by atoms with Gasteiger partial charge in [-0.2, -0.15) is 0 Å². The fourth-order valence-electron chi connectivity index (χ4n) is 5.01. The van der Waals surface area contributed by atoms with Crippen molar-refractivity contribution in [3.63, 3.8) is 0 Å². The topological polar surface area (TPSA) is 51.6 Å². The van der Waals surface area contributed by atoms with Gasteiger partial charge in [0, 0.05) is 28.5 Å². The Labute approximate surface area is 227 Å². The molecule has 0 saturated carbocycles. The van der Waals surface area contributed by atoms with E-state index >= 15 is 0 Å². The Morgan fingerprint density at radius 3 is 1.51 bits per heavy atom. The van der Waals surface area contributed by atoms with Crippen LogP contribution in [0.3, 0.4) is 0 Å². The molecule has 7 rings (SSSR count). The van der Waals surface area contributed by atoms with Gasteiger partial charge in [-0.25, -0.2) is 15.0 Å². The van der Waals surface area contributed by atoms with Crippen LogP contribution in [0.4, 0.5) is 0 Å². The molecule has 0 fully saturated rings. The number of hydrogen-bond acceptors (Lipinski definition) is 4. The van der Waals surface area contributed by atoms with Gasteiger partial charge >= 0.3 is 0 Å². The summed E-state index contributed by atoms with van der Waals surface area (Å²) < 4.78 is 0. The number of nitrogens with zero attached hydrogens (tertiary/aromatic N) is 4. The normalized spacial score (nSPS) is 11.2. The Morgan fingerprint density at radius 1 is 0.436 bits per heavy atom. The van der Waals surface area contributed by atoms with E-state index in [2.05, 4.69) is 92.8 Å². The molecule has 2 heterocycles. The van der Waals surface area contributed by atoms with E-state index in [4.69, 9.17) is 19.9 Å². The molecule has 0 aliphatic rings. The SMILES string of the molecule is Bc1ccc(-c2ccc(-c3nc(-c4cccc5ccccc45)nc(-c4cccc5ccccc45)n3)cn2)cc1. The first-order chi connectivity index (χ1) is 19.2. The molecular formula is C34H23BN4. The van der Waals surface area contributed by atoms with Gasteiger partial charge in [0.15, 0.2) is 17.5 Å². The molecule has 0 saturated heterocycles. The van der Waals surface area contributed by atoms with Crippen molar-refractivity contribution >= 4 is 34.9 Å². The second-order valence-electron chi connectivity index (χ2n) is 9.66. The van der Waals surface area contributed by atoms with Gasteiger partial charge in [-0.05, 0) is 33.7 Å². The third-order valence-electron chi connectivity index (χ3n) is 7.07. The van der Waals surface area contributed by atoms with Crippen LogP contribution in [0, 0.1) is 0 Å². The zero-order valence-electron chi connectivity index (χ0n) is 21.4. The molecule has 0 bridgehead atoms. The third kappa shape index (κ3) is 4.34. The highest BCUT2D eigenvalue weighted by atomic mass is 15.0. The van der Waals surface area contributed by atoms with Crippen LogP contribution in [0.15, 0.2) is 128 Å². The number of rotatable bonds is 4. The second-order valence-corrected chi connectivity index (χ2v) is 9.66. The van der Waals surface area contributed by atoms with Crippen molar-refractivity contribution < 1.29 is 0 Å². The Morgan fingerprint density at radius 2 is 0.949 bits per heavy atom. The highest BCUT2D eigenvalue weighted by Gasteiger charge is 2.16. The predicted octanol–water partition coefficient (Wildman–Crippen LogP) is 6.50. The van der Waals surface area contributed by atoms with E-state index in [1.54, 1.807) is 0 Å². The van der Waals surface area contributed by atoms with Crippen LogP contribution < -0.4 is 5.46 Å². The monoisotopic (exact) mass is 498 g/mol. The molecule has 4 nitrogen and oxygen atoms in total. The summed E-state index contributed by atoms with van der Waals surface area (Å²) in [7, 11) is 2.09. The molecule has 0 unspecified atom stereocenters. The zero-order valence-corrected chi connectivity index (χ0v) is 21.4. The van der Waals surface area contributed by atoms with Crippen molar-refractivity contribution in [3.8, 4) is 45.4 Å². The van der Waals surface area contributed by atoms with Gasteiger partial charge in [0.2, 0.25) is 0 Å². The summed E-state index contributed by atoms with van der Waals surface area (Å²) in [6, 6.07) is 41.6. The number of pyridine rings is 1. The molecular weight excluding hydrogens is 475 g/mol. The molecule has 39 heavy (non-hydrogen) atoms. The maximum Gasteiger partial charge on any atom is 0.165 e. The van der Waals surface area contributed by atoms with Gasteiger partial charge < -0.3 is 0 Å². The fraction of sp³-hybridized carbons (Fsp3) is 0. The number of aromatic nitrogens is 4. The Balaban J connectivity index is 1.42. The van der Waals surface area contributed by atoms with E-state index < -0.39 is 0 Å². The predicted molar refractivity (Wildman–Crippen MR) is 163 cm³/mol. The van der Waals surface area contributed by atoms with Crippen LogP contribution in [0.1, 0.15) is 0 Å². The minimum absolute atomic E-state index is 0.596. The number of benzene rings is 5. The van der Waals surface area contributed by atoms with E-state index in [9.17, 15) is 0 Å². The second kappa shape index (κ2) is 9.62. The molecule has 0 spiro atoms. The Kier molecular flexibility index (Phi) is 5.67. The molecule has 0 radical (unpaired) electrons. The van der Waals surface area contributed by atoms with E-state index in [-0.39, 0.29) is 0 Å². The van der Waals surface area contributed by atoms with Crippen LogP contribution in [0.2, 0.25) is 0 Å². The first-order valence-corrected chi connectivity index (χ1v) is 13.0. The lowest BCUT2D eigenvalue weighted by molar-refractivity contribution is 1.07. The summed E-state index contributed by atoms with van der Waals surface area (Å²) in [5.41, 5.74) is 6.01. The quantitative estimate of drug-likeness (QED) is 0.260. The zero-order chi connectivity index (χ0) is 26.2. The van der Waals surface area contributed by atoms with Crippen molar-refractivity contribution in [3.05, 3.63) is 128 Å². The van der Waals surface area contributed by atoms with Crippen LogP contribution in [0.25, 0.3) is 67.0 Å². The standard InChI is InChI=1S/C34H23BN4/c35-26-18-15-24(16-19-26)31-20-17-25(21-36-31)32-37-33(29-13-5-9-22-7-1-3-11-27(22)29)39-34(38-32)30-14-6-10-23-8-2-4-12-28(23)30/h1-21H,35H2. The molecule has 0 N–H and O–H groups in total. The highest BCUT2D eigenvalue weighted by molar-refractivity contribution is 6.32. The Bertz CT molecular complexity index is 1860. The molecule has 0 aliphatic heterocycles. The van der Waals surface area contributed by atoms with Gasteiger partial charge in [0.05, 0.1) is 5.69 Å². The van der Waals surface area contributed by atoms with Crippen molar-refractivity contribution in [1.29, 1.82) is 0 Å². The lowest BCUT2D eigenvalue weighted by atomic mass is 9.95. The molecule has 5 aromatic carbocycles. The first-order valence-electron chi connectivity index (χ1n) is 13.0. The van der Waals surface area contributed by atoms with Crippen LogP contribution >= 0.6 is 0 Å². The lowest BCUT2D eigenvalue weighted by Gasteiger charge is -2.12. The van der Waals surface area contributed by atoms with Gasteiger partial charge in [0.25, 0.3) is 0 Å². The molecule has 2 aromatic heterocycles. The summed E-state index contributed by atoms with van der Waals surface area (Å²) in [5.74, 6) is 1.88. The molecule has 182 valence electrons. The molecule has 7 aromatic rings. The first kappa shape index (κ1) is 23.0. The van der Waals surface area contributed by atoms with Gasteiger partial charge in [-0.1, -0.05) is 115 Å². The highest BCUT2D eigenvalue weighted by Crippen LogP contribution is 2.32. The summed E-state index contributed by atoms with van der Waals surface area (Å²) in [4.78, 5) is 19.8. The number of hydrogen-bond donors (Lipinski definition) is 0. The van der Waals surface area contributed by atoms with Crippen molar-refractivity contribution in [2.75, 3.05) is 0 Å². The van der Waals surface area contributed by atoms with Crippen LogP contribution in [-0.4, -0.2) is 27.8 Å². The van der Waals surface area contributed by atoms with Gasteiger partial charge in [0.1, 0.15) is 7.85 Å². The summed E-state index contributed by atoms with van der Waals surface area (Å²) in [6.07, 6.45) is 1.85. The van der Waals surface area contributed by atoms with Crippen LogP contribution in [-0.2, 0) is 0 Å². The fourth-order valence-corrected chi connectivity index (χ4v) is 5.01. The van der Waals surface area contributed by atoms with Gasteiger partial charge in [-0.3, -0.25) is 4.98 Å². The van der Waals surface area contributed by atoms with Crippen LogP contribution in [0.5, 0.6) is 0 Å². The van der Waals surface area contributed by atoms with Gasteiger partial charge in [-0.15, -0.1) is 0 Å². The average Bonchev–Trinajstić information content (AvgIpc) is 3.01. The maximum absolute atomic E-state index is 5.03. The third-order valence-corrected chi connectivity index (χ3v) is 7.07. The average molecular weight is 498 g/mol. The van der Waals surface area contributed by atoms with Crippen molar-refractivity contribution in [2.45, 2.75) is 0 Å². The summed E-state index contributed by atoms with van der Waals surface area (Å²) in [6.45, 7) is 0. The van der Waals surface area contributed by atoms with E-state index in [0.29, 0.717) is 17.5 Å². The maximum atomic E-state index is 5.03. The molecule has 0 amide bonds. The minimum atomic E-state index is 0.596. The largest absolute Gasteiger partial charge is 0.255 e. The van der Waals surface area contributed by atoms with E-state index in [1.807, 2.05) is 42.6 Å². The Hall–Kier alpha value is -5.16. The summed E-state index contributed by atoms with van der Waals surface area (Å²) in [5, 5.41) is 4.50. The minimum Gasteiger partial charge on any atom is -0.255 e. The number of fused-ring (bicyclic) bond motifs is 2.